The summed E-state index contributed by atoms with van der Waals surface area (Å²) in [5.74, 6) is -0.353. The number of pyridine rings is 1. The fraction of sp³-hybridized carbons (Fsp3) is 0.455. The summed E-state index contributed by atoms with van der Waals surface area (Å²) < 4.78 is 19.3. The molecule has 1 aromatic heterocycles. The van der Waals surface area contributed by atoms with Crippen molar-refractivity contribution in [3.8, 4) is 0 Å². The molecule has 0 aliphatic carbocycles. The maximum Gasteiger partial charge on any atom is 0.412 e. The van der Waals surface area contributed by atoms with Gasteiger partial charge in [-0.15, -0.1) is 0 Å². The lowest BCUT2D eigenvalue weighted by Crippen LogP contribution is -2.45. The Kier molecular flexibility index (Phi) is 3.82. The summed E-state index contributed by atoms with van der Waals surface area (Å²) in [5.41, 5.74) is -0.531. The van der Waals surface area contributed by atoms with Gasteiger partial charge in [0.15, 0.2) is 12.0 Å². The molecule has 0 aromatic carbocycles. The predicted octanol–water partition coefficient (Wildman–Crippen LogP) is 1.60. The third-order valence-electron chi connectivity index (χ3n) is 1.63. The molecule has 0 atom stereocenters. The van der Waals surface area contributed by atoms with Crippen LogP contribution < -0.4 is 9.88 Å². The number of carbonyl (C=O) groups excluding carboxylic acids is 1. The third kappa shape index (κ3) is 4.72. The van der Waals surface area contributed by atoms with Crippen LogP contribution in [0.1, 0.15) is 20.8 Å². The van der Waals surface area contributed by atoms with E-state index in [0.717, 1.165) is 0 Å². The molecule has 0 saturated carbocycles. The molecule has 0 saturated heterocycles. The molecule has 0 bridgehead atoms. The number of carbonyl (C=O) groups is 1. The van der Waals surface area contributed by atoms with Crippen LogP contribution in [-0.2, 0) is 11.4 Å². The average molecular weight is 227 g/mol. The highest BCUT2D eigenvalue weighted by Crippen LogP contribution is 2.05. The second-order valence-electron chi connectivity index (χ2n) is 4.37. The molecule has 1 rings (SSSR count). The number of amides is 1. The van der Waals surface area contributed by atoms with Crippen molar-refractivity contribution in [2.24, 2.45) is 0 Å². The molecule has 0 radical (unpaired) electrons. The predicted molar refractivity (Wildman–Crippen MR) is 56.0 cm³/mol. The van der Waals surface area contributed by atoms with E-state index < -0.39 is 11.7 Å². The Morgan fingerprint density at radius 2 is 2.25 bits per heavy atom. The van der Waals surface area contributed by atoms with Gasteiger partial charge in [0.2, 0.25) is 12.9 Å². The molecule has 88 valence electrons. The number of ether oxygens (including phenoxy) is 1. The zero-order chi connectivity index (χ0) is 12.2. The Hall–Kier alpha value is -1.65. The Morgan fingerprint density at radius 1 is 1.56 bits per heavy atom. The van der Waals surface area contributed by atoms with Crippen LogP contribution in [0, 0.1) is 5.82 Å². The Bertz CT molecular complexity index is 374. The van der Waals surface area contributed by atoms with E-state index in [9.17, 15) is 9.18 Å². The Morgan fingerprint density at radius 3 is 2.81 bits per heavy atom. The summed E-state index contributed by atoms with van der Waals surface area (Å²) >= 11 is 0. The topological polar surface area (TPSA) is 42.2 Å². The standard InChI is InChI=1S/C11H15FN2O2/c1-11(2,3)16-10(15)13-8-14-6-4-5-9(12)7-14/h4-7H,8H2,1-3H3/p+1. The van der Waals surface area contributed by atoms with Crippen LogP contribution in [0.3, 0.4) is 0 Å². The highest BCUT2D eigenvalue weighted by Gasteiger charge is 2.16. The summed E-state index contributed by atoms with van der Waals surface area (Å²) in [6.45, 7) is 5.51. The summed E-state index contributed by atoms with van der Waals surface area (Å²) in [7, 11) is 0. The lowest BCUT2D eigenvalue weighted by molar-refractivity contribution is -0.701. The molecular formula is C11H16FN2O2+. The van der Waals surface area contributed by atoms with Crippen LogP contribution in [0.4, 0.5) is 9.18 Å². The molecule has 16 heavy (non-hydrogen) atoms. The van der Waals surface area contributed by atoms with Crippen LogP contribution in [-0.4, -0.2) is 11.7 Å². The molecule has 0 spiro atoms. The number of aromatic nitrogens is 1. The molecule has 1 aromatic rings. The minimum Gasteiger partial charge on any atom is -0.444 e. The largest absolute Gasteiger partial charge is 0.444 e. The van der Waals surface area contributed by atoms with E-state index in [1.165, 1.54) is 16.8 Å². The van der Waals surface area contributed by atoms with Gasteiger partial charge < -0.3 is 4.74 Å². The first kappa shape index (κ1) is 12.4. The number of alkyl carbamates (subject to hydrolysis) is 1. The van der Waals surface area contributed by atoms with Gasteiger partial charge in [0.25, 0.3) is 0 Å². The number of hydrogen-bond acceptors (Lipinski definition) is 2. The maximum absolute atomic E-state index is 12.8. The zero-order valence-corrected chi connectivity index (χ0v) is 9.66. The summed E-state index contributed by atoms with van der Waals surface area (Å²) in [6.07, 6.45) is 2.42. The number of hydrogen-bond donors (Lipinski definition) is 1. The molecule has 1 amide bonds. The molecule has 5 heteroatoms. The fourth-order valence-corrected chi connectivity index (χ4v) is 1.06. The van der Waals surface area contributed by atoms with Crippen molar-refractivity contribution < 1.29 is 18.5 Å². The molecule has 0 aliphatic rings. The molecule has 0 unspecified atom stereocenters. The highest BCUT2D eigenvalue weighted by atomic mass is 19.1. The molecule has 1 heterocycles. The Balaban J connectivity index is 2.43. The summed E-state index contributed by atoms with van der Waals surface area (Å²) in [5, 5.41) is 2.52. The van der Waals surface area contributed by atoms with Crippen LogP contribution in [0.2, 0.25) is 0 Å². The fourth-order valence-electron chi connectivity index (χ4n) is 1.06. The number of nitrogens with one attached hydrogen (secondary N) is 1. The number of nitrogens with zero attached hydrogens (tertiary/aromatic N) is 1. The van der Waals surface area contributed by atoms with Gasteiger partial charge >= 0.3 is 6.09 Å². The van der Waals surface area contributed by atoms with Crippen LogP contribution >= 0.6 is 0 Å². The van der Waals surface area contributed by atoms with Gasteiger partial charge in [-0.05, 0) is 26.8 Å². The highest BCUT2D eigenvalue weighted by molar-refractivity contribution is 5.67. The van der Waals surface area contributed by atoms with E-state index in [1.54, 1.807) is 33.0 Å². The minimum atomic E-state index is -0.531. The lowest BCUT2D eigenvalue weighted by Gasteiger charge is -2.18. The quantitative estimate of drug-likeness (QED) is 0.780. The normalized spacial score (nSPS) is 11.0. The van der Waals surface area contributed by atoms with Gasteiger partial charge in [0.05, 0.1) is 0 Å². The zero-order valence-electron chi connectivity index (χ0n) is 9.66. The molecule has 0 fully saturated rings. The van der Waals surface area contributed by atoms with Crippen molar-refractivity contribution in [1.29, 1.82) is 0 Å². The van der Waals surface area contributed by atoms with E-state index in [4.69, 9.17) is 4.74 Å². The third-order valence-corrected chi connectivity index (χ3v) is 1.63. The van der Waals surface area contributed by atoms with Gasteiger partial charge in [0, 0.05) is 6.07 Å². The van der Waals surface area contributed by atoms with Crippen molar-refractivity contribution in [3.63, 3.8) is 0 Å². The first-order chi connectivity index (χ1) is 7.37. The van der Waals surface area contributed by atoms with Crippen LogP contribution in [0.15, 0.2) is 24.5 Å². The number of halogens is 1. The van der Waals surface area contributed by atoms with Crippen LogP contribution in [0.5, 0.6) is 0 Å². The minimum absolute atomic E-state index is 0.173. The van der Waals surface area contributed by atoms with Gasteiger partial charge in [-0.1, -0.05) is 0 Å². The second-order valence-corrected chi connectivity index (χ2v) is 4.37. The average Bonchev–Trinajstić information content (AvgIpc) is 2.12. The molecule has 0 aliphatic heterocycles. The van der Waals surface area contributed by atoms with E-state index in [1.807, 2.05) is 0 Å². The molecular weight excluding hydrogens is 211 g/mol. The summed E-state index contributed by atoms with van der Waals surface area (Å²) in [4.78, 5) is 11.3. The Labute approximate surface area is 94.0 Å². The van der Waals surface area contributed by atoms with Gasteiger partial charge in [-0.25, -0.2) is 9.18 Å². The van der Waals surface area contributed by atoms with E-state index >= 15 is 0 Å². The van der Waals surface area contributed by atoms with E-state index in [2.05, 4.69) is 5.32 Å². The van der Waals surface area contributed by atoms with Crippen molar-refractivity contribution >= 4 is 6.09 Å². The van der Waals surface area contributed by atoms with Crippen molar-refractivity contribution in [2.75, 3.05) is 0 Å². The van der Waals surface area contributed by atoms with Crippen LogP contribution in [0.25, 0.3) is 0 Å². The number of rotatable bonds is 2. The van der Waals surface area contributed by atoms with Gasteiger partial charge in [-0.3, -0.25) is 5.32 Å². The van der Waals surface area contributed by atoms with Gasteiger partial charge in [0.1, 0.15) is 5.60 Å². The first-order valence-electron chi connectivity index (χ1n) is 4.98. The van der Waals surface area contributed by atoms with Crippen molar-refractivity contribution in [2.45, 2.75) is 33.0 Å². The van der Waals surface area contributed by atoms with Crippen molar-refractivity contribution in [1.82, 2.24) is 5.32 Å². The van der Waals surface area contributed by atoms with E-state index in [0.29, 0.717) is 0 Å². The molecule has 4 nitrogen and oxygen atoms in total. The van der Waals surface area contributed by atoms with Gasteiger partial charge in [-0.2, -0.15) is 4.57 Å². The maximum atomic E-state index is 12.8. The second kappa shape index (κ2) is 4.92. The SMILES string of the molecule is CC(C)(C)OC(=O)NC[n+]1cccc(F)c1. The van der Waals surface area contributed by atoms with Crippen molar-refractivity contribution in [3.05, 3.63) is 30.3 Å². The monoisotopic (exact) mass is 227 g/mol. The molecule has 1 N–H and O–H groups in total. The van der Waals surface area contributed by atoms with E-state index in [-0.39, 0.29) is 12.5 Å². The smallest absolute Gasteiger partial charge is 0.412 e. The summed E-state index contributed by atoms with van der Waals surface area (Å²) in [6, 6.07) is 2.90. The first-order valence-corrected chi connectivity index (χ1v) is 4.98. The lowest BCUT2D eigenvalue weighted by atomic mass is 10.2.